The predicted molar refractivity (Wildman–Crippen MR) is 121 cm³/mol. The van der Waals surface area contributed by atoms with Crippen LogP contribution in [-0.2, 0) is 4.79 Å². The number of H-pyrrole nitrogens is 1. The van der Waals surface area contributed by atoms with Crippen LogP contribution in [0.5, 0.6) is 17.4 Å². The van der Waals surface area contributed by atoms with Gasteiger partial charge in [0.05, 0.1) is 30.4 Å². The monoisotopic (exact) mass is 438 g/mol. The number of aromatic amines is 1. The summed E-state index contributed by atoms with van der Waals surface area (Å²) >= 11 is 0. The van der Waals surface area contributed by atoms with Gasteiger partial charge in [-0.2, -0.15) is 0 Å². The molecule has 0 unspecified atom stereocenters. The third-order valence-electron chi connectivity index (χ3n) is 5.27. The minimum Gasteiger partial charge on any atom is -0.494 e. The van der Waals surface area contributed by atoms with Crippen LogP contribution in [-0.4, -0.2) is 66.0 Å². The maximum absolute atomic E-state index is 12.1. The molecule has 0 saturated carbocycles. The maximum Gasteiger partial charge on any atom is 0.220 e. The number of aliphatic imine (C=N–C) groups is 1. The minimum atomic E-state index is -0.0495. The van der Waals surface area contributed by atoms with Crippen molar-refractivity contribution in [1.29, 1.82) is 0 Å². The first kappa shape index (κ1) is 21.4. The fraction of sp³-hybridized carbons (Fsp3) is 0.364. The van der Waals surface area contributed by atoms with Crippen LogP contribution >= 0.6 is 0 Å². The van der Waals surface area contributed by atoms with Gasteiger partial charge in [0.25, 0.3) is 0 Å². The molecule has 3 heterocycles. The Balaban J connectivity index is 1.75. The third kappa shape index (κ3) is 4.58. The molecular formula is C22H26N6O4. The first-order valence-electron chi connectivity index (χ1n) is 10.4. The van der Waals surface area contributed by atoms with Gasteiger partial charge >= 0.3 is 0 Å². The number of hydrogen-bond acceptors (Lipinski definition) is 8. The summed E-state index contributed by atoms with van der Waals surface area (Å²) in [4.78, 5) is 30.1. The summed E-state index contributed by atoms with van der Waals surface area (Å²) in [6.45, 7) is 1.48. The highest BCUT2D eigenvalue weighted by atomic mass is 16.5. The lowest BCUT2D eigenvalue weighted by molar-refractivity contribution is -0.121. The van der Waals surface area contributed by atoms with E-state index in [2.05, 4.69) is 25.3 Å². The molecule has 1 aliphatic heterocycles. The van der Waals surface area contributed by atoms with Gasteiger partial charge in [0.15, 0.2) is 17.4 Å². The number of carbonyl (C=O) groups is 1. The highest BCUT2D eigenvalue weighted by molar-refractivity contribution is 6.06. The van der Waals surface area contributed by atoms with Gasteiger partial charge in [0.2, 0.25) is 5.91 Å². The van der Waals surface area contributed by atoms with Gasteiger partial charge in [-0.1, -0.05) is 0 Å². The molecule has 3 aromatic rings. The lowest BCUT2D eigenvalue weighted by atomic mass is 10.2. The van der Waals surface area contributed by atoms with Crippen molar-refractivity contribution in [3.8, 4) is 17.4 Å². The minimum absolute atomic E-state index is 0.000889. The quantitative estimate of drug-likeness (QED) is 0.533. The second-order valence-corrected chi connectivity index (χ2v) is 7.48. The Bertz CT molecular complexity index is 1140. The third-order valence-corrected chi connectivity index (χ3v) is 5.27. The van der Waals surface area contributed by atoms with E-state index in [4.69, 9.17) is 9.47 Å². The summed E-state index contributed by atoms with van der Waals surface area (Å²) in [7, 11) is 3.46. The zero-order valence-corrected chi connectivity index (χ0v) is 18.1. The molecule has 2 aromatic heterocycles. The van der Waals surface area contributed by atoms with E-state index in [1.807, 2.05) is 11.9 Å². The van der Waals surface area contributed by atoms with Crippen molar-refractivity contribution in [2.24, 2.45) is 4.99 Å². The lowest BCUT2D eigenvalue weighted by Gasteiger charge is -2.19. The SMILES string of the molecule is COc1ccc2cc1OCCCCC(=O)NCCN(C)c1ncnc3[nH]c(O)c(c13)C=N2. The van der Waals surface area contributed by atoms with E-state index >= 15 is 0 Å². The number of nitrogens with one attached hydrogen (secondary N) is 2. The summed E-state index contributed by atoms with van der Waals surface area (Å²) < 4.78 is 11.3. The molecule has 2 bridgehead atoms. The van der Waals surface area contributed by atoms with Gasteiger partial charge in [0, 0.05) is 38.8 Å². The number of likely N-dealkylation sites (N-methyl/N-ethyl adjacent to an activating group) is 1. The number of ether oxygens (including phenoxy) is 2. The topological polar surface area (TPSA) is 125 Å². The number of anilines is 1. The predicted octanol–water partition coefficient (Wildman–Crippen LogP) is 2.54. The van der Waals surface area contributed by atoms with Crippen molar-refractivity contribution in [3.05, 3.63) is 30.1 Å². The number of hydrogen-bond donors (Lipinski definition) is 3. The molecule has 10 nitrogen and oxygen atoms in total. The van der Waals surface area contributed by atoms with Crippen LogP contribution < -0.4 is 19.7 Å². The molecule has 0 spiro atoms. The Morgan fingerprint density at radius 3 is 2.97 bits per heavy atom. The van der Waals surface area contributed by atoms with E-state index in [9.17, 15) is 9.90 Å². The normalized spacial score (nSPS) is 15.6. The van der Waals surface area contributed by atoms with Crippen molar-refractivity contribution in [1.82, 2.24) is 20.3 Å². The first-order valence-corrected chi connectivity index (χ1v) is 10.4. The van der Waals surface area contributed by atoms with Gasteiger partial charge < -0.3 is 29.8 Å². The molecule has 1 aromatic carbocycles. The summed E-state index contributed by atoms with van der Waals surface area (Å²) in [5.41, 5.74) is 1.62. The van der Waals surface area contributed by atoms with Gasteiger partial charge in [-0.3, -0.25) is 9.79 Å². The van der Waals surface area contributed by atoms with Crippen molar-refractivity contribution < 1.29 is 19.4 Å². The molecule has 1 aliphatic rings. The van der Waals surface area contributed by atoms with E-state index in [-0.39, 0.29) is 11.8 Å². The van der Waals surface area contributed by atoms with Gasteiger partial charge in [-0.05, 0) is 25.0 Å². The van der Waals surface area contributed by atoms with E-state index in [1.165, 1.54) is 6.33 Å². The van der Waals surface area contributed by atoms with Crippen molar-refractivity contribution in [3.63, 3.8) is 0 Å². The number of benzene rings is 1. The van der Waals surface area contributed by atoms with Crippen LogP contribution in [0.3, 0.4) is 0 Å². The van der Waals surface area contributed by atoms with Crippen LogP contribution in [0.15, 0.2) is 29.5 Å². The Morgan fingerprint density at radius 1 is 1.25 bits per heavy atom. The average Bonchev–Trinajstić information content (AvgIpc) is 3.11. The summed E-state index contributed by atoms with van der Waals surface area (Å²) in [6, 6.07) is 5.37. The molecule has 1 amide bonds. The standard InChI is InChI=1S/C22H26N6O4/c1-28-9-8-23-18(29)5-3-4-10-32-17-11-14(6-7-16(17)31-2)24-12-15-19-20(27-22(15)30)25-13-26-21(19)28/h6-7,11-13,30H,3-5,8-10H2,1-2H3,(H,23,29)(H,25,26,27). The van der Waals surface area contributed by atoms with E-state index in [1.54, 1.807) is 31.5 Å². The van der Waals surface area contributed by atoms with E-state index in [0.29, 0.717) is 65.7 Å². The van der Waals surface area contributed by atoms with Crippen molar-refractivity contribution in [2.45, 2.75) is 19.3 Å². The second kappa shape index (κ2) is 9.54. The molecular weight excluding hydrogens is 412 g/mol. The second-order valence-electron chi connectivity index (χ2n) is 7.48. The number of fused-ring (bicyclic) bond motifs is 2. The lowest BCUT2D eigenvalue weighted by Crippen LogP contribution is -2.33. The van der Waals surface area contributed by atoms with Crippen LogP contribution in [0, 0.1) is 0 Å². The molecule has 0 fully saturated rings. The molecule has 0 radical (unpaired) electrons. The fourth-order valence-corrected chi connectivity index (χ4v) is 3.56. The molecule has 10 heteroatoms. The van der Waals surface area contributed by atoms with Gasteiger partial charge in [0.1, 0.15) is 17.8 Å². The van der Waals surface area contributed by atoms with Gasteiger partial charge in [-0.15, -0.1) is 0 Å². The highest BCUT2D eigenvalue weighted by Gasteiger charge is 2.18. The Hall–Kier alpha value is -3.82. The molecule has 168 valence electrons. The van der Waals surface area contributed by atoms with Crippen LogP contribution in [0.4, 0.5) is 11.5 Å². The summed E-state index contributed by atoms with van der Waals surface area (Å²) in [5, 5.41) is 14.1. The Kier molecular flexibility index (Phi) is 6.39. The molecule has 32 heavy (non-hydrogen) atoms. The number of carbonyl (C=O) groups excluding carboxylic acids is 1. The molecule has 0 saturated heterocycles. The Labute approximate surface area is 185 Å². The largest absolute Gasteiger partial charge is 0.494 e. The van der Waals surface area contributed by atoms with Crippen LogP contribution in [0.1, 0.15) is 24.8 Å². The number of amides is 1. The Morgan fingerprint density at radius 2 is 2.12 bits per heavy atom. The van der Waals surface area contributed by atoms with Crippen LogP contribution in [0.25, 0.3) is 11.0 Å². The number of aromatic nitrogens is 3. The van der Waals surface area contributed by atoms with Gasteiger partial charge in [-0.25, -0.2) is 9.97 Å². The first-order chi connectivity index (χ1) is 15.6. The van der Waals surface area contributed by atoms with Crippen molar-refractivity contribution in [2.75, 3.05) is 38.8 Å². The number of methoxy groups -OCH3 is 1. The number of nitrogens with zero attached hydrogens (tertiary/aromatic N) is 4. The molecule has 0 atom stereocenters. The fourth-order valence-electron chi connectivity index (χ4n) is 3.56. The maximum atomic E-state index is 12.1. The molecule has 4 rings (SSSR count). The smallest absolute Gasteiger partial charge is 0.220 e. The average molecular weight is 438 g/mol. The van der Waals surface area contributed by atoms with Crippen molar-refractivity contribution >= 4 is 34.7 Å². The highest BCUT2D eigenvalue weighted by Crippen LogP contribution is 2.34. The number of rotatable bonds is 1. The number of aromatic hydroxyl groups is 1. The summed E-state index contributed by atoms with van der Waals surface area (Å²) in [5.74, 6) is 1.75. The summed E-state index contributed by atoms with van der Waals surface area (Å²) in [6.07, 6.45) is 4.90. The van der Waals surface area contributed by atoms with E-state index in [0.717, 1.165) is 12.8 Å². The van der Waals surface area contributed by atoms with E-state index < -0.39 is 0 Å². The molecule has 0 aliphatic carbocycles. The molecule has 3 N–H and O–H groups in total. The van der Waals surface area contributed by atoms with Crippen LogP contribution in [0.2, 0.25) is 0 Å². The zero-order valence-electron chi connectivity index (χ0n) is 18.1. The zero-order chi connectivity index (χ0) is 22.5.